The highest BCUT2D eigenvalue weighted by molar-refractivity contribution is 9.10. The van der Waals surface area contributed by atoms with Gasteiger partial charge >= 0.3 is 0 Å². The second kappa shape index (κ2) is 8.88. The second-order valence-electron chi connectivity index (χ2n) is 6.41. The Morgan fingerprint density at radius 2 is 2.00 bits per heavy atom. The Kier molecular flexibility index (Phi) is 6.04. The number of hydrogen-bond donors (Lipinski definition) is 4. The van der Waals surface area contributed by atoms with Crippen LogP contribution < -0.4 is 15.4 Å². The Balaban J connectivity index is 1.58. The number of anilines is 4. The summed E-state index contributed by atoms with van der Waals surface area (Å²) in [4.78, 5) is 8.89. The minimum Gasteiger partial charge on any atom is -0.339 e. The Morgan fingerprint density at radius 1 is 1.17 bits per heavy atom. The summed E-state index contributed by atoms with van der Waals surface area (Å²) in [7, 11) is 1.89. The summed E-state index contributed by atoms with van der Waals surface area (Å²) in [6.45, 7) is 0.227. The van der Waals surface area contributed by atoms with Gasteiger partial charge in [0.05, 0.1) is 16.2 Å². The lowest BCUT2D eigenvalue weighted by atomic mass is 10.2. The molecule has 0 aliphatic heterocycles. The van der Waals surface area contributed by atoms with Crippen molar-refractivity contribution in [2.75, 3.05) is 10.6 Å². The molecule has 0 spiro atoms. The van der Waals surface area contributed by atoms with Gasteiger partial charge in [-0.1, -0.05) is 18.2 Å². The average Bonchev–Trinajstić information content (AvgIpc) is 3.10. The summed E-state index contributed by atoms with van der Waals surface area (Å²) in [5.74, 6) is 0.987. The molecule has 1 atom stereocenters. The van der Waals surface area contributed by atoms with Gasteiger partial charge in [0, 0.05) is 36.6 Å². The molecule has 4 aromatic rings. The zero-order chi connectivity index (χ0) is 21.1. The van der Waals surface area contributed by atoms with E-state index in [1.54, 1.807) is 10.9 Å². The molecule has 154 valence electrons. The molecule has 2 aromatic carbocycles. The highest BCUT2D eigenvalue weighted by Crippen LogP contribution is 2.27. The highest BCUT2D eigenvalue weighted by atomic mass is 79.9. The normalized spacial score (nSPS) is 12.1. The van der Waals surface area contributed by atoms with E-state index in [2.05, 4.69) is 46.4 Å². The predicted molar refractivity (Wildman–Crippen MR) is 121 cm³/mol. The van der Waals surface area contributed by atoms with E-state index in [0.717, 1.165) is 27.8 Å². The van der Waals surface area contributed by atoms with Crippen LogP contribution in [-0.2, 0) is 24.9 Å². The quantitative estimate of drug-likeness (QED) is 0.292. The molecule has 2 heterocycles. The lowest BCUT2D eigenvalue weighted by Crippen LogP contribution is -2.16. The molecular formula is C19H18BrN7O2S. The van der Waals surface area contributed by atoms with Crippen LogP contribution in [0, 0.1) is 0 Å². The average molecular weight is 488 g/mol. The van der Waals surface area contributed by atoms with Crippen LogP contribution >= 0.6 is 15.9 Å². The second-order valence-corrected chi connectivity index (χ2v) is 8.05. The molecule has 0 amide bonds. The molecule has 30 heavy (non-hydrogen) atoms. The molecule has 0 radical (unpaired) electrons. The number of halogens is 1. The summed E-state index contributed by atoms with van der Waals surface area (Å²) in [6.07, 6.45) is 3.47. The molecule has 0 saturated carbocycles. The molecule has 0 aliphatic carbocycles. The van der Waals surface area contributed by atoms with E-state index in [9.17, 15) is 4.21 Å². The van der Waals surface area contributed by atoms with Gasteiger partial charge in [-0.15, -0.1) is 0 Å². The number of fused-ring (bicyclic) bond motifs is 1. The van der Waals surface area contributed by atoms with Gasteiger partial charge in [0.25, 0.3) is 0 Å². The van der Waals surface area contributed by atoms with E-state index in [1.165, 1.54) is 0 Å². The lowest BCUT2D eigenvalue weighted by Gasteiger charge is -2.13. The van der Waals surface area contributed by atoms with Crippen LogP contribution in [0.1, 0.15) is 5.56 Å². The fourth-order valence-corrected chi connectivity index (χ4v) is 3.50. The Labute approximate surface area is 183 Å². The molecule has 4 rings (SSSR count). The Morgan fingerprint density at radius 3 is 2.83 bits per heavy atom. The maximum Gasteiger partial charge on any atom is 0.232 e. The van der Waals surface area contributed by atoms with Gasteiger partial charge in [0.15, 0.2) is 0 Å². The monoisotopic (exact) mass is 487 g/mol. The standard InChI is InChI=1S/C19H18BrN7O2S/c1-27-17-8-14(7-6-13(17)9-22-27)24-19-21-11-15(20)18(26-19)25-16-5-3-2-4-12(16)10-23-30(28)29/h2-9,11,23H,10H2,1H3,(H,28,29)(H2,21,24,25,26). The molecule has 2 aromatic heterocycles. The lowest BCUT2D eigenvalue weighted by molar-refractivity contribution is 0.549. The van der Waals surface area contributed by atoms with Crippen LogP contribution in [0.5, 0.6) is 0 Å². The van der Waals surface area contributed by atoms with Crippen LogP contribution in [0.2, 0.25) is 0 Å². The topological polar surface area (TPSA) is 117 Å². The third kappa shape index (κ3) is 4.65. The number of aryl methyl sites for hydroxylation is 1. The van der Waals surface area contributed by atoms with Gasteiger partial charge in [-0.25, -0.2) is 13.9 Å². The molecule has 0 fully saturated rings. The largest absolute Gasteiger partial charge is 0.339 e. The van der Waals surface area contributed by atoms with E-state index in [4.69, 9.17) is 4.55 Å². The van der Waals surface area contributed by atoms with Crippen LogP contribution in [0.15, 0.2) is 59.3 Å². The van der Waals surface area contributed by atoms with Gasteiger partial charge < -0.3 is 10.6 Å². The fourth-order valence-electron chi connectivity index (χ4n) is 2.93. The molecule has 0 bridgehead atoms. The predicted octanol–water partition coefficient (Wildman–Crippen LogP) is 3.84. The summed E-state index contributed by atoms with van der Waals surface area (Å²) in [6, 6.07) is 13.4. The van der Waals surface area contributed by atoms with Crippen LogP contribution in [0.3, 0.4) is 0 Å². The van der Waals surface area contributed by atoms with E-state index < -0.39 is 11.3 Å². The minimum atomic E-state index is -2.09. The molecule has 1 unspecified atom stereocenters. The summed E-state index contributed by atoms with van der Waals surface area (Å²) >= 11 is 1.38. The van der Waals surface area contributed by atoms with Crippen molar-refractivity contribution in [1.29, 1.82) is 0 Å². The molecular weight excluding hydrogens is 470 g/mol. The SMILES string of the molecule is Cn1ncc2ccc(Nc3ncc(Br)c(Nc4ccccc4CNS(=O)O)n3)cc21. The van der Waals surface area contributed by atoms with Crippen LogP contribution in [-0.4, -0.2) is 28.5 Å². The summed E-state index contributed by atoms with van der Waals surface area (Å²) in [5.41, 5.74) is 3.42. The molecule has 11 heteroatoms. The molecule has 9 nitrogen and oxygen atoms in total. The van der Waals surface area contributed by atoms with Crippen molar-refractivity contribution < 1.29 is 8.76 Å². The van der Waals surface area contributed by atoms with Crippen molar-refractivity contribution in [3.8, 4) is 0 Å². The first-order chi connectivity index (χ1) is 14.5. The first-order valence-corrected chi connectivity index (χ1v) is 10.8. The third-order valence-electron chi connectivity index (χ3n) is 4.41. The number of nitrogens with zero attached hydrogens (tertiary/aromatic N) is 4. The van der Waals surface area contributed by atoms with Gasteiger partial charge in [-0.05, 0) is 45.8 Å². The van der Waals surface area contributed by atoms with Gasteiger partial charge in [-0.2, -0.15) is 10.1 Å². The van der Waals surface area contributed by atoms with E-state index in [1.807, 2.05) is 55.7 Å². The first kappa shape index (κ1) is 20.4. The maximum absolute atomic E-state index is 10.9. The van der Waals surface area contributed by atoms with Crippen molar-refractivity contribution in [1.82, 2.24) is 24.5 Å². The van der Waals surface area contributed by atoms with Crippen molar-refractivity contribution in [2.45, 2.75) is 6.54 Å². The molecule has 0 saturated heterocycles. The molecule has 4 N–H and O–H groups in total. The van der Waals surface area contributed by atoms with Crippen molar-refractivity contribution in [3.63, 3.8) is 0 Å². The van der Waals surface area contributed by atoms with E-state index >= 15 is 0 Å². The first-order valence-electron chi connectivity index (χ1n) is 8.90. The van der Waals surface area contributed by atoms with Crippen LogP contribution in [0.4, 0.5) is 23.1 Å². The third-order valence-corrected chi connectivity index (χ3v) is 5.38. The van der Waals surface area contributed by atoms with Crippen molar-refractivity contribution in [2.24, 2.45) is 7.05 Å². The number of hydrogen-bond acceptors (Lipinski definition) is 6. The number of benzene rings is 2. The fraction of sp³-hybridized carbons (Fsp3) is 0.105. The van der Waals surface area contributed by atoms with Gasteiger partial charge in [0.1, 0.15) is 5.82 Å². The minimum absolute atomic E-state index is 0.227. The zero-order valence-corrected chi connectivity index (χ0v) is 18.2. The highest BCUT2D eigenvalue weighted by Gasteiger charge is 2.10. The van der Waals surface area contributed by atoms with E-state index in [0.29, 0.717) is 16.2 Å². The number of rotatable bonds is 7. The van der Waals surface area contributed by atoms with Crippen molar-refractivity contribution >= 4 is 61.2 Å². The zero-order valence-electron chi connectivity index (χ0n) is 15.8. The number of nitrogens with one attached hydrogen (secondary N) is 3. The van der Waals surface area contributed by atoms with Gasteiger partial charge in [-0.3, -0.25) is 9.23 Å². The maximum atomic E-state index is 10.9. The van der Waals surface area contributed by atoms with E-state index in [-0.39, 0.29) is 6.54 Å². The summed E-state index contributed by atoms with van der Waals surface area (Å²) in [5, 5.41) is 11.8. The number of aromatic nitrogens is 4. The Bertz CT molecular complexity index is 1230. The molecule has 0 aliphatic rings. The Hall–Kier alpha value is -2.86. The van der Waals surface area contributed by atoms with Crippen LogP contribution in [0.25, 0.3) is 10.9 Å². The smallest absolute Gasteiger partial charge is 0.232 e. The summed E-state index contributed by atoms with van der Waals surface area (Å²) < 4.78 is 24.9. The number of para-hydroxylation sites is 1. The van der Waals surface area contributed by atoms with Crippen molar-refractivity contribution in [3.05, 3.63) is 64.9 Å². The van der Waals surface area contributed by atoms with Gasteiger partial charge in [0.2, 0.25) is 17.2 Å².